The van der Waals surface area contributed by atoms with Gasteiger partial charge in [0.1, 0.15) is 0 Å². The van der Waals surface area contributed by atoms with E-state index in [1.54, 1.807) is 6.92 Å². The lowest BCUT2D eigenvalue weighted by molar-refractivity contribution is -0.0472. The summed E-state index contributed by atoms with van der Waals surface area (Å²) in [6, 6.07) is 0. The molecule has 0 heterocycles. The predicted octanol–water partition coefficient (Wildman–Crippen LogP) is 2.76. The standard InChI is InChI=1S/C8H12F6O4S2/c1-2-3-4-5-6(19(15,16)7(9,10)11)20(17,18)8(12,13)14/h6H,2-5H2,1H3. The van der Waals surface area contributed by atoms with Gasteiger partial charge in [0, 0.05) is 0 Å². The Morgan fingerprint density at radius 2 is 1.15 bits per heavy atom. The normalized spacial score (nSPS) is 14.8. The maximum atomic E-state index is 12.3. The van der Waals surface area contributed by atoms with Crippen LogP contribution in [-0.4, -0.2) is 32.4 Å². The van der Waals surface area contributed by atoms with E-state index >= 15 is 0 Å². The quantitative estimate of drug-likeness (QED) is 0.546. The van der Waals surface area contributed by atoms with E-state index in [4.69, 9.17) is 0 Å². The first-order chi connectivity index (χ1) is 8.69. The third-order valence-electron chi connectivity index (χ3n) is 2.38. The summed E-state index contributed by atoms with van der Waals surface area (Å²) in [6.07, 6.45) is -1.16. The molecule has 0 spiro atoms. The average molecular weight is 350 g/mol. The van der Waals surface area contributed by atoms with E-state index in [1.807, 2.05) is 0 Å². The van der Waals surface area contributed by atoms with Crippen molar-refractivity contribution < 1.29 is 43.2 Å². The SMILES string of the molecule is CCCCCC(S(=O)(=O)C(F)(F)F)S(=O)(=O)C(F)(F)F. The average Bonchev–Trinajstić information content (AvgIpc) is 2.20. The zero-order valence-corrected chi connectivity index (χ0v) is 11.8. The minimum atomic E-state index is -6.47. The van der Waals surface area contributed by atoms with Gasteiger partial charge in [-0.15, -0.1) is 0 Å². The van der Waals surface area contributed by atoms with E-state index in [9.17, 15) is 43.2 Å². The molecule has 0 fully saturated rings. The van der Waals surface area contributed by atoms with Crippen molar-refractivity contribution in [3.8, 4) is 0 Å². The molecule has 0 saturated carbocycles. The van der Waals surface area contributed by atoms with E-state index in [0.29, 0.717) is 6.42 Å². The predicted molar refractivity (Wildman–Crippen MR) is 57.9 cm³/mol. The lowest BCUT2D eigenvalue weighted by atomic mass is 10.2. The molecule has 0 rings (SSSR count). The summed E-state index contributed by atoms with van der Waals surface area (Å²) < 4.78 is 114. The van der Waals surface area contributed by atoms with E-state index < -0.39 is 41.7 Å². The van der Waals surface area contributed by atoms with Crippen LogP contribution >= 0.6 is 0 Å². The van der Waals surface area contributed by atoms with Gasteiger partial charge in [0.25, 0.3) is 19.7 Å². The Balaban J connectivity index is 5.78. The summed E-state index contributed by atoms with van der Waals surface area (Å²) in [5.74, 6) is 0. The molecule has 12 heteroatoms. The topological polar surface area (TPSA) is 68.3 Å². The second-order valence-corrected chi connectivity index (χ2v) is 8.45. The molecule has 0 amide bonds. The lowest BCUT2D eigenvalue weighted by Gasteiger charge is -2.20. The molecule has 0 saturated heterocycles. The van der Waals surface area contributed by atoms with Crippen LogP contribution in [0.15, 0.2) is 0 Å². The largest absolute Gasteiger partial charge is 0.498 e. The molecule has 0 aliphatic heterocycles. The number of unbranched alkanes of at least 4 members (excludes halogenated alkanes) is 2. The van der Waals surface area contributed by atoms with Gasteiger partial charge >= 0.3 is 11.0 Å². The van der Waals surface area contributed by atoms with Crippen molar-refractivity contribution in [3.63, 3.8) is 0 Å². The van der Waals surface area contributed by atoms with Gasteiger partial charge in [0.2, 0.25) is 0 Å². The summed E-state index contributed by atoms with van der Waals surface area (Å²) in [5.41, 5.74) is -12.1. The van der Waals surface area contributed by atoms with Crippen LogP contribution in [0.5, 0.6) is 0 Å². The molecule has 4 nitrogen and oxygen atoms in total. The van der Waals surface area contributed by atoms with Gasteiger partial charge < -0.3 is 0 Å². The monoisotopic (exact) mass is 350 g/mol. The fourth-order valence-electron chi connectivity index (χ4n) is 1.34. The van der Waals surface area contributed by atoms with Crippen molar-refractivity contribution in [2.24, 2.45) is 0 Å². The zero-order valence-electron chi connectivity index (χ0n) is 10.1. The molecule has 0 bridgehead atoms. The van der Waals surface area contributed by atoms with E-state index in [2.05, 4.69) is 0 Å². The minimum absolute atomic E-state index is 0.108. The first-order valence-electron chi connectivity index (χ1n) is 5.30. The van der Waals surface area contributed by atoms with Crippen molar-refractivity contribution in [3.05, 3.63) is 0 Å². The molecule has 122 valence electrons. The number of hydrogen-bond acceptors (Lipinski definition) is 4. The van der Waals surface area contributed by atoms with Gasteiger partial charge in [-0.2, -0.15) is 26.3 Å². The molecule has 0 aliphatic rings. The Morgan fingerprint density at radius 3 is 1.40 bits per heavy atom. The molecule has 0 atom stereocenters. The van der Waals surface area contributed by atoms with Gasteiger partial charge in [0.05, 0.1) is 0 Å². The lowest BCUT2D eigenvalue weighted by Crippen LogP contribution is -2.44. The number of rotatable bonds is 6. The minimum Gasteiger partial charge on any atom is -0.218 e. The van der Waals surface area contributed by atoms with Gasteiger partial charge in [-0.1, -0.05) is 26.2 Å². The van der Waals surface area contributed by atoms with Gasteiger partial charge in [-0.05, 0) is 6.42 Å². The Hall–Kier alpha value is -0.520. The molecule has 20 heavy (non-hydrogen) atoms. The van der Waals surface area contributed by atoms with Crippen LogP contribution in [0.3, 0.4) is 0 Å². The molecule has 0 N–H and O–H groups in total. The Morgan fingerprint density at radius 1 is 0.800 bits per heavy atom. The smallest absolute Gasteiger partial charge is 0.218 e. The van der Waals surface area contributed by atoms with Crippen LogP contribution in [0.25, 0.3) is 0 Å². The highest BCUT2D eigenvalue weighted by atomic mass is 32.3. The summed E-state index contributed by atoms with van der Waals surface area (Å²) in [5, 5.41) is 0. The van der Waals surface area contributed by atoms with E-state index in [-0.39, 0.29) is 12.8 Å². The number of hydrogen-bond donors (Lipinski definition) is 0. The van der Waals surface area contributed by atoms with Crippen LogP contribution < -0.4 is 0 Å². The van der Waals surface area contributed by atoms with Crippen molar-refractivity contribution in [2.75, 3.05) is 0 Å². The molecule has 0 aliphatic carbocycles. The summed E-state index contributed by atoms with van der Waals surface area (Å²) in [7, 11) is -12.9. The summed E-state index contributed by atoms with van der Waals surface area (Å²) in [6.45, 7) is 1.56. The van der Waals surface area contributed by atoms with Gasteiger partial charge in [0.15, 0.2) is 4.58 Å². The third-order valence-corrected chi connectivity index (χ3v) is 7.05. The van der Waals surface area contributed by atoms with Gasteiger partial charge in [-0.25, -0.2) is 16.8 Å². The first-order valence-corrected chi connectivity index (χ1v) is 8.39. The van der Waals surface area contributed by atoms with Crippen molar-refractivity contribution in [2.45, 2.75) is 48.2 Å². The summed E-state index contributed by atoms with van der Waals surface area (Å²) in [4.78, 5) is 0. The second kappa shape index (κ2) is 6.08. The zero-order chi connectivity index (χ0) is 16.4. The molecule has 0 aromatic heterocycles. The molecular formula is C8H12F6O4S2. The Labute approximate surface area is 112 Å². The molecular weight excluding hydrogens is 338 g/mol. The maximum Gasteiger partial charge on any atom is 0.498 e. The maximum absolute atomic E-state index is 12.3. The summed E-state index contributed by atoms with van der Waals surface area (Å²) >= 11 is 0. The van der Waals surface area contributed by atoms with Crippen LogP contribution in [0.1, 0.15) is 32.6 Å². The molecule has 0 aromatic rings. The van der Waals surface area contributed by atoms with E-state index in [0.717, 1.165) is 0 Å². The number of halogens is 6. The molecule has 0 unspecified atom stereocenters. The second-order valence-electron chi connectivity index (χ2n) is 3.91. The van der Waals surface area contributed by atoms with Crippen LogP contribution in [0, 0.1) is 0 Å². The van der Waals surface area contributed by atoms with Crippen molar-refractivity contribution in [1.29, 1.82) is 0 Å². The highest BCUT2D eigenvalue weighted by Gasteiger charge is 2.62. The number of alkyl halides is 6. The van der Waals surface area contributed by atoms with Crippen LogP contribution in [-0.2, 0) is 19.7 Å². The highest BCUT2D eigenvalue weighted by molar-refractivity contribution is 8.09. The molecule has 0 radical (unpaired) electrons. The Kier molecular flexibility index (Phi) is 5.92. The van der Waals surface area contributed by atoms with E-state index in [1.165, 1.54) is 0 Å². The molecule has 0 aromatic carbocycles. The van der Waals surface area contributed by atoms with Gasteiger partial charge in [-0.3, -0.25) is 0 Å². The Bertz CT molecular complexity index is 472. The van der Waals surface area contributed by atoms with Crippen LogP contribution in [0.4, 0.5) is 26.3 Å². The van der Waals surface area contributed by atoms with Crippen molar-refractivity contribution >= 4 is 19.7 Å². The van der Waals surface area contributed by atoms with Crippen molar-refractivity contribution in [1.82, 2.24) is 0 Å². The third kappa shape index (κ3) is 3.99. The van der Waals surface area contributed by atoms with Crippen LogP contribution in [0.2, 0.25) is 0 Å². The first kappa shape index (κ1) is 19.5. The fraction of sp³-hybridized carbons (Fsp3) is 1.00. The highest BCUT2D eigenvalue weighted by Crippen LogP contribution is 2.38. The number of sulfone groups is 2. The fourth-order valence-corrected chi connectivity index (χ4v) is 4.88.